The molecule has 0 aliphatic carbocycles. The van der Waals surface area contributed by atoms with E-state index in [1.54, 1.807) is 14.2 Å². The molecule has 4 nitrogen and oxygen atoms in total. The van der Waals surface area contributed by atoms with Gasteiger partial charge in [0.05, 0.1) is 17.7 Å². The number of aliphatic imine (C=N–C) groups is 1. The second-order valence-corrected chi connectivity index (χ2v) is 5.62. The van der Waals surface area contributed by atoms with E-state index in [4.69, 9.17) is 4.74 Å². The Hall–Kier alpha value is -1.47. The Morgan fingerprint density at radius 3 is 2.48 bits per heavy atom. The van der Waals surface area contributed by atoms with Crippen LogP contribution in [0.4, 0.5) is 13.2 Å². The van der Waals surface area contributed by atoms with Crippen molar-refractivity contribution in [2.24, 2.45) is 4.99 Å². The van der Waals surface area contributed by atoms with Gasteiger partial charge in [-0.25, -0.2) is 0 Å². The predicted octanol–water partition coefficient (Wildman–Crippen LogP) is 3.26. The third kappa shape index (κ3) is 8.97. The maximum atomic E-state index is 12.6. The monoisotopic (exact) mass is 469 g/mol. The fourth-order valence-corrected chi connectivity index (χ4v) is 1.64. The molecule has 140 valence electrons. The van der Waals surface area contributed by atoms with E-state index < -0.39 is 11.7 Å². The topological polar surface area (TPSA) is 45.7 Å². The molecule has 1 aromatic rings. The van der Waals surface area contributed by atoms with Crippen LogP contribution in [0.5, 0.6) is 0 Å². The van der Waals surface area contributed by atoms with Crippen molar-refractivity contribution in [2.75, 3.05) is 27.2 Å². The molecule has 8 heteroatoms. The number of nitrogens with zero attached hydrogens (tertiary/aromatic N) is 1. The van der Waals surface area contributed by atoms with Gasteiger partial charge in [-0.1, -0.05) is 17.9 Å². The number of guanidine groups is 1. The van der Waals surface area contributed by atoms with Crippen LogP contribution in [0.15, 0.2) is 29.3 Å². The van der Waals surface area contributed by atoms with Gasteiger partial charge in [0.25, 0.3) is 0 Å². The maximum Gasteiger partial charge on any atom is 0.416 e. The summed E-state index contributed by atoms with van der Waals surface area (Å²) in [6, 6.07) is 4.93. The lowest BCUT2D eigenvalue weighted by molar-refractivity contribution is -0.137. The molecule has 1 rings (SSSR count). The van der Waals surface area contributed by atoms with Gasteiger partial charge < -0.3 is 15.4 Å². The Morgan fingerprint density at radius 1 is 1.24 bits per heavy atom. The first-order valence-corrected chi connectivity index (χ1v) is 7.34. The highest BCUT2D eigenvalue weighted by Gasteiger charge is 2.30. The highest BCUT2D eigenvalue weighted by molar-refractivity contribution is 14.0. The SMILES string of the molecule is CN=C(NCC#Cc1cccc(C(F)(F)F)c1)NCC(C)(C)OC.I. The van der Waals surface area contributed by atoms with Crippen LogP contribution in [0.1, 0.15) is 25.0 Å². The van der Waals surface area contributed by atoms with Crippen molar-refractivity contribution in [2.45, 2.75) is 25.6 Å². The predicted molar refractivity (Wildman–Crippen MR) is 104 cm³/mol. The average molecular weight is 469 g/mol. The molecular weight excluding hydrogens is 446 g/mol. The Bertz CT molecular complexity index is 634. The van der Waals surface area contributed by atoms with Gasteiger partial charge in [-0.2, -0.15) is 13.2 Å². The number of rotatable bonds is 4. The third-order valence-electron chi connectivity index (χ3n) is 3.22. The first kappa shape index (κ1) is 23.5. The lowest BCUT2D eigenvalue weighted by Crippen LogP contribution is -2.45. The molecule has 0 amide bonds. The number of methoxy groups -OCH3 is 1. The first-order chi connectivity index (χ1) is 11.2. The van der Waals surface area contributed by atoms with Crippen molar-refractivity contribution in [3.05, 3.63) is 35.4 Å². The number of hydrogen-bond acceptors (Lipinski definition) is 2. The van der Waals surface area contributed by atoms with E-state index in [0.717, 1.165) is 12.1 Å². The molecule has 25 heavy (non-hydrogen) atoms. The van der Waals surface area contributed by atoms with Crippen LogP contribution in [-0.2, 0) is 10.9 Å². The summed E-state index contributed by atoms with van der Waals surface area (Å²) in [6.45, 7) is 4.66. The van der Waals surface area contributed by atoms with Crippen LogP contribution < -0.4 is 10.6 Å². The quantitative estimate of drug-likeness (QED) is 0.308. The summed E-state index contributed by atoms with van der Waals surface area (Å²) in [5.41, 5.74) is -0.738. The molecule has 0 heterocycles. The molecule has 0 saturated heterocycles. The zero-order chi connectivity index (χ0) is 18.2. The van der Waals surface area contributed by atoms with E-state index in [1.807, 2.05) is 13.8 Å². The molecule has 0 aliphatic heterocycles. The molecule has 0 atom stereocenters. The number of benzene rings is 1. The van der Waals surface area contributed by atoms with E-state index >= 15 is 0 Å². The minimum Gasteiger partial charge on any atom is -0.377 e. The van der Waals surface area contributed by atoms with E-state index in [9.17, 15) is 13.2 Å². The molecule has 0 saturated carbocycles. The Kier molecular flexibility index (Phi) is 9.89. The Morgan fingerprint density at radius 2 is 1.92 bits per heavy atom. The standard InChI is InChI=1S/C17H22F3N3O.HI/c1-16(2,24-4)12-23-15(21-3)22-10-6-8-13-7-5-9-14(11-13)17(18,19)20;/h5,7,9,11H,10,12H2,1-4H3,(H2,21,22,23);1H. The summed E-state index contributed by atoms with van der Waals surface area (Å²) in [4.78, 5) is 4.04. The molecule has 0 aromatic heterocycles. The third-order valence-corrected chi connectivity index (χ3v) is 3.22. The van der Waals surface area contributed by atoms with Crippen molar-refractivity contribution in [1.82, 2.24) is 10.6 Å². The smallest absolute Gasteiger partial charge is 0.377 e. The fraction of sp³-hybridized carbons (Fsp3) is 0.471. The largest absolute Gasteiger partial charge is 0.416 e. The van der Waals surface area contributed by atoms with Crippen molar-refractivity contribution in [3.63, 3.8) is 0 Å². The van der Waals surface area contributed by atoms with Crippen LogP contribution in [0.2, 0.25) is 0 Å². The van der Waals surface area contributed by atoms with E-state index in [2.05, 4.69) is 27.5 Å². The summed E-state index contributed by atoms with van der Waals surface area (Å²) >= 11 is 0. The van der Waals surface area contributed by atoms with Crippen LogP contribution in [0.3, 0.4) is 0 Å². The Balaban J connectivity index is 0.00000576. The van der Waals surface area contributed by atoms with Crippen LogP contribution >= 0.6 is 24.0 Å². The lowest BCUT2D eigenvalue weighted by atomic mass is 10.1. The van der Waals surface area contributed by atoms with Gasteiger partial charge in [0.15, 0.2) is 5.96 Å². The summed E-state index contributed by atoms with van der Waals surface area (Å²) in [5.74, 6) is 6.02. The second-order valence-electron chi connectivity index (χ2n) is 5.62. The summed E-state index contributed by atoms with van der Waals surface area (Å²) < 4.78 is 43.2. The minimum atomic E-state index is -4.37. The molecule has 0 fully saturated rings. The molecule has 0 spiro atoms. The van der Waals surface area contributed by atoms with Gasteiger partial charge in [-0.05, 0) is 32.0 Å². The van der Waals surface area contributed by atoms with Gasteiger partial charge in [0, 0.05) is 26.3 Å². The molecule has 0 radical (unpaired) electrons. The lowest BCUT2D eigenvalue weighted by Gasteiger charge is -2.24. The number of hydrogen-bond donors (Lipinski definition) is 2. The molecule has 1 aromatic carbocycles. The van der Waals surface area contributed by atoms with Gasteiger partial charge >= 0.3 is 6.18 Å². The van der Waals surface area contributed by atoms with Crippen molar-refractivity contribution >= 4 is 29.9 Å². The molecule has 0 unspecified atom stereocenters. The minimum absolute atomic E-state index is 0. The molecule has 0 aliphatic rings. The summed E-state index contributed by atoms with van der Waals surface area (Å²) in [5, 5.41) is 6.05. The number of ether oxygens (including phenoxy) is 1. The van der Waals surface area contributed by atoms with Crippen LogP contribution in [0.25, 0.3) is 0 Å². The zero-order valence-corrected chi connectivity index (χ0v) is 17.0. The van der Waals surface area contributed by atoms with Gasteiger partial charge in [0.1, 0.15) is 0 Å². The normalized spacial score (nSPS) is 11.9. The first-order valence-electron chi connectivity index (χ1n) is 7.34. The highest BCUT2D eigenvalue weighted by Crippen LogP contribution is 2.29. The van der Waals surface area contributed by atoms with E-state index in [0.29, 0.717) is 18.1 Å². The summed E-state index contributed by atoms with van der Waals surface area (Å²) in [6.07, 6.45) is -4.37. The van der Waals surface area contributed by atoms with Gasteiger partial charge in [-0.3, -0.25) is 4.99 Å². The van der Waals surface area contributed by atoms with Gasteiger partial charge in [0.2, 0.25) is 0 Å². The maximum absolute atomic E-state index is 12.6. The van der Waals surface area contributed by atoms with Gasteiger partial charge in [-0.15, -0.1) is 24.0 Å². The van der Waals surface area contributed by atoms with Crippen LogP contribution in [-0.4, -0.2) is 38.8 Å². The molecule has 2 N–H and O–H groups in total. The van der Waals surface area contributed by atoms with Crippen molar-refractivity contribution < 1.29 is 17.9 Å². The number of alkyl halides is 3. The van der Waals surface area contributed by atoms with E-state index in [-0.39, 0.29) is 36.1 Å². The van der Waals surface area contributed by atoms with E-state index in [1.165, 1.54) is 12.1 Å². The number of nitrogens with one attached hydrogen (secondary N) is 2. The second kappa shape index (κ2) is 10.5. The number of halogens is 4. The summed E-state index contributed by atoms with van der Waals surface area (Å²) in [7, 11) is 3.24. The molecular formula is C17H23F3IN3O. The Labute approximate surface area is 163 Å². The highest BCUT2D eigenvalue weighted by atomic mass is 127. The van der Waals surface area contributed by atoms with Crippen LogP contribution in [0, 0.1) is 11.8 Å². The zero-order valence-electron chi connectivity index (χ0n) is 14.6. The van der Waals surface area contributed by atoms with Crippen molar-refractivity contribution in [1.29, 1.82) is 0 Å². The average Bonchev–Trinajstić information content (AvgIpc) is 2.53. The van der Waals surface area contributed by atoms with Crippen molar-refractivity contribution in [3.8, 4) is 11.8 Å². The fourth-order valence-electron chi connectivity index (χ4n) is 1.64. The molecule has 0 bridgehead atoms.